The third-order valence-electron chi connectivity index (χ3n) is 8.59. The molecule has 228 valence electrons. The van der Waals surface area contributed by atoms with Crippen LogP contribution in [0.2, 0.25) is 10.0 Å². The second kappa shape index (κ2) is 13.5. The molecule has 0 aromatic heterocycles. The summed E-state index contributed by atoms with van der Waals surface area (Å²) in [6, 6.07) is 29.2. The van der Waals surface area contributed by atoms with Gasteiger partial charge in [0, 0.05) is 0 Å². The molecule has 0 atom stereocenters. The maximum atomic E-state index is 6.67. The second-order valence-corrected chi connectivity index (χ2v) is 23.3. The van der Waals surface area contributed by atoms with E-state index in [4.69, 9.17) is 23.2 Å². The van der Waals surface area contributed by atoms with Crippen LogP contribution in [-0.4, -0.2) is 3.26 Å². The molecule has 5 heteroatoms. The first-order valence-electron chi connectivity index (χ1n) is 14.8. The van der Waals surface area contributed by atoms with E-state index in [-0.39, 0.29) is 35.6 Å². The van der Waals surface area contributed by atoms with Gasteiger partial charge in [-0.05, 0) is 0 Å². The summed E-state index contributed by atoms with van der Waals surface area (Å²) < 4.78 is 4.66. The van der Waals surface area contributed by atoms with Crippen LogP contribution in [0.3, 0.4) is 0 Å². The Morgan fingerprint density at radius 2 is 1.27 bits per heavy atom. The molecular weight excluding hydrogens is 789 g/mol. The summed E-state index contributed by atoms with van der Waals surface area (Å²) in [7, 11) is 0. The normalized spacial score (nSPS) is 13.4. The molecule has 6 rings (SSSR count). The van der Waals surface area contributed by atoms with Crippen LogP contribution in [0.5, 0.6) is 0 Å². The second-order valence-electron chi connectivity index (χ2n) is 13.7. The van der Waals surface area contributed by atoms with Crippen LogP contribution in [-0.2, 0) is 38.2 Å². The number of benzene rings is 4. The molecule has 0 unspecified atom stereocenters. The first-order valence-corrected chi connectivity index (χ1v) is 21.0. The zero-order valence-electron chi connectivity index (χ0n) is 26.2. The van der Waals surface area contributed by atoms with Crippen molar-refractivity contribution in [3.8, 4) is 11.1 Å². The minimum Gasteiger partial charge on any atom is -0.147 e. The first-order chi connectivity index (χ1) is 19.9. The molecule has 0 spiro atoms. The van der Waals surface area contributed by atoms with E-state index in [0.29, 0.717) is 0 Å². The molecule has 0 N–H and O–H groups in total. The summed E-state index contributed by atoms with van der Waals surface area (Å²) in [6.07, 6.45) is 9.00. The van der Waals surface area contributed by atoms with E-state index in [2.05, 4.69) is 127 Å². The third kappa shape index (κ3) is 6.98. The van der Waals surface area contributed by atoms with E-state index >= 15 is 0 Å². The molecule has 0 fully saturated rings. The Bertz CT molecular complexity index is 1770. The predicted octanol–water partition coefficient (Wildman–Crippen LogP) is 11.4. The molecule has 44 heavy (non-hydrogen) atoms. The average Bonchev–Trinajstić information content (AvgIpc) is 3.58. The van der Waals surface area contributed by atoms with Crippen LogP contribution < -0.4 is 3.32 Å². The molecule has 4 aromatic rings. The Morgan fingerprint density at radius 1 is 0.682 bits per heavy atom. The fourth-order valence-corrected chi connectivity index (χ4v) is 18.2. The van der Waals surface area contributed by atoms with E-state index in [1.807, 2.05) is 12.1 Å². The van der Waals surface area contributed by atoms with Gasteiger partial charge in [0.2, 0.25) is 0 Å². The molecule has 0 heterocycles. The van der Waals surface area contributed by atoms with Crippen LogP contribution in [0.4, 0.5) is 0 Å². The van der Waals surface area contributed by atoms with Crippen LogP contribution in [0.1, 0.15) is 81.3 Å². The number of rotatable bonds is 4. The molecular formula is C39H40Cl4Hf. The van der Waals surface area contributed by atoms with Crippen molar-refractivity contribution in [2.75, 3.05) is 0 Å². The van der Waals surface area contributed by atoms with Crippen molar-refractivity contribution in [2.45, 2.75) is 65.2 Å². The molecule has 0 nitrogen and oxygen atoms in total. The average molecular weight is 829 g/mol. The summed E-state index contributed by atoms with van der Waals surface area (Å²) in [4.78, 5) is 0. The van der Waals surface area contributed by atoms with Gasteiger partial charge in [-0.25, -0.2) is 0 Å². The fraction of sp³-hybridized carbons (Fsp3) is 0.256. The van der Waals surface area contributed by atoms with Gasteiger partial charge in [-0.2, -0.15) is 0 Å². The topological polar surface area (TPSA) is 0 Å². The quantitative estimate of drug-likeness (QED) is 0.158. The Labute approximate surface area is 293 Å². The zero-order valence-corrected chi connectivity index (χ0v) is 33.0. The SMILES string of the molecule is CC(C)(C)c1ccc2c(c1)-c1cc(C(C)(C)C)c[c]([Hf]([C]3=CC=CC3)=[C](c3cccc(Cl)c3)c3cccc(Cl)c3)c1C2.Cl.Cl. The first kappa shape index (κ1) is 35.1. The summed E-state index contributed by atoms with van der Waals surface area (Å²) >= 11 is 10.3. The number of allylic oxidation sites excluding steroid dienone is 4. The molecule has 0 radical (unpaired) electrons. The summed E-state index contributed by atoms with van der Waals surface area (Å²) in [5.41, 5.74) is 11.2. The molecule has 0 saturated carbocycles. The number of fused-ring (bicyclic) bond motifs is 3. The van der Waals surface area contributed by atoms with Gasteiger partial charge in [0.05, 0.1) is 0 Å². The zero-order chi connectivity index (χ0) is 29.8. The van der Waals surface area contributed by atoms with Gasteiger partial charge >= 0.3 is 271 Å². The number of hydrogen-bond acceptors (Lipinski definition) is 0. The van der Waals surface area contributed by atoms with E-state index in [0.717, 1.165) is 22.9 Å². The maximum Gasteiger partial charge on any atom is -0.147 e. The van der Waals surface area contributed by atoms with Crippen LogP contribution >= 0.6 is 48.0 Å². The monoisotopic (exact) mass is 828 g/mol. The Morgan fingerprint density at radius 3 is 1.80 bits per heavy atom. The van der Waals surface area contributed by atoms with E-state index in [9.17, 15) is 0 Å². The number of hydrogen-bond donors (Lipinski definition) is 0. The summed E-state index contributed by atoms with van der Waals surface area (Å²) in [5, 5.41) is 1.54. The van der Waals surface area contributed by atoms with Gasteiger partial charge in [-0.15, -0.1) is 24.8 Å². The minimum atomic E-state index is -3.06. The molecule has 2 aliphatic carbocycles. The van der Waals surface area contributed by atoms with Gasteiger partial charge in [-0.3, -0.25) is 0 Å². The van der Waals surface area contributed by atoms with Crippen LogP contribution in [0, 0.1) is 0 Å². The van der Waals surface area contributed by atoms with Crippen molar-refractivity contribution in [2.24, 2.45) is 0 Å². The van der Waals surface area contributed by atoms with Crippen molar-refractivity contribution in [1.82, 2.24) is 0 Å². The smallest absolute Gasteiger partial charge is 0.147 e. The van der Waals surface area contributed by atoms with E-state index in [1.54, 1.807) is 6.65 Å². The molecule has 0 saturated heterocycles. The fourth-order valence-electron chi connectivity index (χ4n) is 6.24. The third-order valence-corrected chi connectivity index (χ3v) is 20.1. The maximum absolute atomic E-state index is 6.67. The summed E-state index contributed by atoms with van der Waals surface area (Å²) in [5.74, 6) is 0. The van der Waals surface area contributed by atoms with Gasteiger partial charge in [0.1, 0.15) is 0 Å². The molecule has 0 aliphatic heterocycles. The summed E-state index contributed by atoms with van der Waals surface area (Å²) in [6.45, 7) is 14.0. The molecule has 2 aliphatic rings. The van der Waals surface area contributed by atoms with Crippen molar-refractivity contribution < 1.29 is 21.0 Å². The van der Waals surface area contributed by atoms with Gasteiger partial charge in [0.25, 0.3) is 0 Å². The van der Waals surface area contributed by atoms with Gasteiger partial charge in [0.15, 0.2) is 0 Å². The predicted molar refractivity (Wildman–Crippen MR) is 194 cm³/mol. The van der Waals surface area contributed by atoms with Gasteiger partial charge in [-0.1, -0.05) is 0 Å². The number of halogens is 4. The van der Waals surface area contributed by atoms with Crippen molar-refractivity contribution in [3.05, 3.63) is 144 Å². The minimum absolute atomic E-state index is 0. The van der Waals surface area contributed by atoms with Gasteiger partial charge < -0.3 is 0 Å². The van der Waals surface area contributed by atoms with Crippen LogP contribution in [0.25, 0.3) is 11.1 Å². The van der Waals surface area contributed by atoms with E-state index < -0.39 is 21.0 Å². The van der Waals surface area contributed by atoms with Crippen LogP contribution in [0.15, 0.2) is 100 Å². The van der Waals surface area contributed by atoms with Crippen molar-refractivity contribution in [1.29, 1.82) is 0 Å². The van der Waals surface area contributed by atoms with Crippen molar-refractivity contribution >= 4 is 54.6 Å². The molecule has 0 amide bonds. The standard InChI is InChI=1S/C21H25.C13H8Cl2.C5H5.2ClH.Hf/c1-20(2,3)16-9-7-14-11-15-8-10-17(21(4,5)6)13-19(15)18(14)12-16;14-12-5-1-3-10(8-12)7-11-4-2-6-13(15)9-11;1-2-4-5-3-1;;;/h7,9-10,12-13H,11H2,1-6H3;1-6,8-9H;1-3H,4H2;2*1H;. The Kier molecular flexibility index (Phi) is 10.8. The van der Waals surface area contributed by atoms with E-state index in [1.165, 1.54) is 47.8 Å². The Balaban J connectivity index is 0.00000221. The van der Waals surface area contributed by atoms with Crippen molar-refractivity contribution in [3.63, 3.8) is 0 Å². The molecule has 0 bridgehead atoms. The molecule has 4 aromatic carbocycles. The largest absolute Gasteiger partial charge is 0.147 e. The Hall–Kier alpha value is -1.74.